The first kappa shape index (κ1) is 19.7. The van der Waals surface area contributed by atoms with Gasteiger partial charge in [0, 0.05) is 22.5 Å². The van der Waals surface area contributed by atoms with Gasteiger partial charge in [0.05, 0.1) is 0 Å². The minimum absolute atomic E-state index is 0.0383. The van der Waals surface area contributed by atoms with Gasteiger partial charge in [-0.25, -0.2) is 4.99 Å². The van der Waals surface area contributed by atoms with Gasteiger partial charge in [0.25, 0.3) is 5.91 Å². The third kappa shape index (κ3) is 2.75. The van der Waals surface area contributed by atoms with Gasteiger partial charge < -0.3 is 10.5 Å². The van der Waals surface area contributed by atoms with Crippen LogP contribution in [0, 0.1) is 5.41 Å². The van der Waals surface area contributed by atoms with Crippen molar-refractivity contribution in [3.05, 3.63) is 57.6 Å². The van der Waals surface area contributed by atoms with Crippen LogP contribution in [0.2, 0.25) is 10.0 Å². The zero-order valence-corrected chi connectivity index (χ0v) is 18.3. The number of carbonyl (C=O) groups is 1. The Morgan fingerprint density at radius 3 is 2.37 bits per heavy atom. The lowest BCUT2D eigenvalue weighted by Crippen LogP contribution is -2.50. The Hall–Kier alpha value is -2.24. The van der Waals surface area contributed by atoms with Crippen molar-refractivity contribution in [3.8, 4) is 11.5 Å². The summed E-state index contributed by atoms with van der Waals surface area (Å²) in [6.07, 6.45) is 6.18. The van der Waals surface area contributed by atoms with Gasteiger partial charge in [-0.15, -0.1) is 0 Å². The molecule has 156 valence electrons. The van der Waals surface area contributed by atoms with Gasteiger partial charge in [0.2, 0.25) is 0 Å². The molecule has 0 aromatic heterocycles. The molecule has 1 atom stereocenters. The Bertz CT molecular complexity index is 1060. The molecule has 0 saturated heterocycles. The molecule has 1 heterocycles. The fourth-order valence-corrected chi connectivity index (χ4v) is 6.05. The molecule has 2 spiro atoms. The number of rotatable bonds is 2. The number of amides is 1. The fourth-order valence-electron chi connectivity index (χ4n) is 5.54. The van der Waals surface area contributed by atoms with E-state index in [9.17, 15) is 4.79 Å². The normalized spacial score (nSPS) is 24.4. The van der Waals surface area contributed by atoms with Crippen molar-refractivity contribution in [2.24, 2.45) is 16.1 Å². The Morgan fingerprint density at radius 1 is 1.03 bits per heavy atom. The quantitative estimate of drug-likeness (QED) is 0.686. The first-order valence-corrected chi connectivity index (χ1v) is 11.0. The van der Waals surface area contributed by atoms with Crippen LogP contribution in [0.25, 0.3) is 0 Å². The number of nitrogens with zero attached hydrogens (tertiary/aromatic N) is 2. The number of guanidine groups is 1. The number of hydrogen-bond donors (Lipinski definition) is 1. The van der Waals surface area contributed by atoms with Gasteiger partial charge in [-0.1, -0.05) is 48.5 Å². The Balaban J connectivity index is 1.62. The molecule has 2 aromatic carbocycles. The molecule has 3 aliphatic rings. The summed E-state index contributed by atoms with van der Waals surface area (Å²) in [7, 11) is 1.71. The van der Waals surface area contributed by atoms with Gasteiger partial charge in [0.1, 0.15) is 11.5 Å². The number of halogens is 2. The second kappa shape index (κ2) is 6.89. The standard InChI is InChI=1S/C23H23Cl2N3O2/c1-28-20(29)23(27-21(28)26)19-12-17(30-18-10-15(24)9-16(25)11-18)6-5-14(19)13-22(23)7-3-2-4-8-22/h5-6,9-12H,2-4,7-8,13H2,1H3,(H2,26,27). The average molecular weight is 444 g/mol. The largest absolute Gasteiger partial charge is 0.457 e. The van der Waals surface area contributed by atoms with Crippen LogP contribution >= 0.6 is 23.2 Å². The molecular formula is C23H23Cl2N3O2. The number of fused-ring (bicyclic) bond motifs is 3. The van der Waals surface area contributed by atoms with E-state index in [0.29, 0.717) is 21.5 Å². The maximum absolute atomic E-state index is 13.6. The number of benzene rings is 2. The lowest BCUT2D eigenvalue weighted by atomic mass is 9.62. The summed E-state index contributed by atoms with van der Waals surface area (Å²) in [4.78, 5) is 19.9. The molecule has 5 rings (SSSR count). The zero-order chi connectivity index (χ0) is 21.1. The molecule has 0 bridgehead atoms. The van der Waals surface area contributed by atoms with Gasteiger partial charge in [-0.05, 0) is 60.7 Å². The van der Waals surface area contributed by atoms with E-state index in [2.05, 4.69) is 6.07 Å². The van der Waals surface area contributed by atoms with Crippen LogP contribution in [-0.2, 0) is 16.8 Å². The van der Waals surface area contributed by atoms with Crippen LogP contribution in [0.1, 0.15) is 43.2 Å². The zero-order valence-electron chi connectivity index (χ0n) is 16.8. The summed E-state index contributed by atoms with van der Waals surface area (Å²) >= 11 is 12.2. The van der Waals surface area contributed by atoms with Crippen molar-refractivity contribution >= 4 is 35.1 Å². The lowest BCUT2D eigenvalue weighted by molar-refractivity contribution is -0.136. The van der Waals surface area contributed by atoms with Crippen LogP contribution in [0.15, 0.2) is 41.4 Å². The minimum atomic E-state index is -0.965. The van der Waals surface area contributed by atoms with Crippen LogP contribution in [-0.4, -0.2) is 23.8 Å². The van der Waals surface area contributed by atoms with Crippen LogP contribution in [0.5, 0.6) is 11.5 Å². The van der Waals surface area contributed by atoms with Crippen molar-refractivity contribution < 1.29 is 9.53 Å². The molecule has 2 aromatic rings. The summed E-state index contributed by atoms with van der Waals surface area (Å²) in [6, 6.07) is 11.0. The smallest absolute Gasteiger partial charge is 0.262 e. The van der Waals surface area contributed by atoms with Crippen LogP contribution < -0.4 is 10.5 Å². The highest BCUT2D eigenvalue weighted by Crippen LogP contribution is 2.62. The number of ether oxygens (including phenoxy) is 1. The molecule has 5 nitrogen and oxygen atoms in total. The predicted molar refractivity (Wildman–Crippen MR) is 118 cm³/mol. The Labute approximate surface area is 185 Å². The van der Waals surface area contributed by atoms with Gasteiger partial charge in [0.15, 0.2) is 11.5 Å². The van der Waals surface area contributed by atoms with E-state index < -0.39 is 5.54 Å². The van der Waals surface area contributed by atoms with Gasteiger partial charge in [-0.3, -0.25) is 9.69 Å². The van der Waals surface area contributed by atoms with Crippen molar-refractivity contribution in [1.29, 1.82) is 0 Å². The lowest BCUT2D eigenvalue weighted by Gasteiger charge is -2.43. The van der Waals surface area contributed by atoms with Gasteiger partial charge >= 0.3 is 0 Å². The van der Waals surface area contributed by atoms with E-state index >= 15 is 0 Å². The molecule has 7 heteroatoms. The molecule has 1 aliphatic heterocycles. The number of nitrogens with two attached hydrogens (primary N) is 1. The van der Waals surface area contributed by atoms with E-state index in [1.165, 1.54) is 11.3 Å². The highest BCUT2D eigenvalue weighted by atomic mass is 35.5. The fraction of sp³-hybridized carbons (Fsp3) is 0.391. The molecular weight excluding hydrogens is 421 g/mol. The van der Waals surface area contributed by atoms with E-state index in [1.807, 2.05) is 12.1 Å². The number of likely N-dealkylation sites (N-methyl/N-ethyl adjacent to an activating group) is 1. The SMILES string of the molecule is CN1C(=O)C2(N=C1N)c1cc(Oc3cc(Cl)cc(Cl)c3)ccc1CC21CCCCC1. The number of aliphatic imine (C=N–C) groups is 1. The van der Waals surface area contributed by atoms with Crippen molar-refractivity contribution in [1.82, 2.24) is 4.90 Å². The summed E-state index contributed by atoms with van der Waals surface area (Å²) in [5, 5.41) is 1.00. The second-order valence-electron chi connectivity index (χ2n) is 8.59. The summed E-state index contributed by atoms with van der Waals surface area (Å²) in [5.74, 6) is 1.41. The number of carbonyl (C=O) groups excluding carboxylic acids is 1. The van der Waals surface area contributed by atoms with E-state index in [4.69, 9.17) is 38.7 Å². The number of hydrogen-bond acceptors (Lipinski definition) is 4. The maximum atomic E-state index is 13.6. The molecule has 30 heavy (non-hydrogen) atoms. The second-order valence-corrected chi connectivity index (χ2v) is 9.46. The molecule has 0 radical (unpaired) electrons. The van der Waals surface area contributed by atoms with Crippen molar-refractivity contribution in [2.45, 2.75) is 44.1 Å². The molecule has 2 N–H and O–H groups in total. The van der Waals surface area contributed by atoms with E-state index in [0.717, 1.165) is 43.2 Å². The Kier molecular flexibility index (Phi) is 4.53. The molecule has 2 aliphatic carbocycles. The third-order valence-corrected chi connectivity index (χ3v) is 7.33. The first-order chi connectivity index (χ1) is 14.3. The molecule has 1 fully saturated rings. The topological polar surface area (TPSA) is 67.9 Å². The molecule has 1 amide bonds. The van der Waals surface area contributed by atoms with Crippen LogP contribution in [0.3, 0.4) is 0 Å². The maximum Gasteiger partial charge on any atom is 0.262 e. The summed E-state index contributed by atoms with van der Waals surface area (Å²) in [6.45, 7) is 0. The third-order valence-electron chi connectivity index (χ3n) is 6.89. The summed E-state index contributed by atoms with van der Waals surface area (Å²) in [5.41, 5.74) is 7.03. The highest BCUT2D eigenvalue weighted by Gasteiger charge is 2.65. The van der Waals surface area contributed by atoms with Crippen molar-refractivity contribution in [3.63, 3.8) is 0 Å². The van der Waals surface area contributed by atoms with Crippen LogP contribution in [0.4, 0.5) is 0 Å². The van der Waals surface area contributed by atoms with E-state index in [1.54, 1.807) is 25.2 Å². The summed E-state index contributed by atoms with van der Waals surface area (Å²) < 4.78 is 6.06. The monoisotopic (exact) mass is 443 g/mol. The minimum Gasteiger partial charge on any atom is -0.457 e. The van der Waals surface area contributed by atoms with Crippen molar-refractivity contribution in [2.75, 3.05) is 7.05 Å². The first-order valence-electron chi connectivity index (χ1n) is 10.3. The molecule has 1 saturated carbocycles. The highest BCUT2D eigenvalue weighted by molar-refractivity contribution is 6.34. The van der Waals surface area contributed by atoms with E-state index in [-0.39, 0.29) is 17.3 Å². The average Bonchev–Trinajstić information content (AvgIpc) is 3.09. The Morgan fingerprint density at radius 2 is 1.73 bits per heavy atom. The molecule has 1 unspecified atom stereocenters. The predicted octanol–water partition coefficient (Wildman–Crippen LogP) is 5.27. The van der Waals surface area contributed by atoms with Gasteiger partial charge in [-0.2, -0.15) is 0 Å².